The van der Waals surface area contributed by atoms with E-state index in [2.05, 4.69) is 28.8 Å². The topological polar surface area (TPSA) is 48.5 Å². The Bertz CT molecular complexity index is 3960. The van der Waals surface area contributed by atoms with Gasteiger partial charge in [0, 0.05) is 32.7 Å². The molecule has 63 heavy (non-hydrogen) atoms. The van der Waals surface area contributed by atoms with Crippen LogP contribution in [0.25, 0.3) is 78.0 Å². The second kappa shape index (κ2) is 15.1. The molecule has 0 saturated carbocycles. The molecule has 296 valence electrons. The number of hydrogen-bond acceptors (Lipinski definition) is 3. The van der Waals surface area contributed by atoms with Crippen molar-refractivity contribution in [2.75, 3.05) is 0 Å². The lowest BCUT2D eigenvalue weighted by Gasteiger charge is -2.34. The first-order valence-electron chi connectivity index (χ1n) is 25.1. The van der Waals surface area contributed by atoms with Gasteiger partial charge in [0.15, 0.2) is 19.7 Å². The number of fused-ring (bicyclic) bond motifs is 6. The van der Waals surface area contributed by atoms with E-state index < -0.39 is 50.4 Å². The Balaban J connectivity index is 1.21. The zero-order valence-electron chi connectivity index (χ0n) is 42.6. The van der Waals surface area contributed by atoms with Gasteiger partial charge >= 0.3 is 0 Å². The van der Waals surface area contributed by atoms with E-state index in [0.717, 1.165) is 53.8 Å². The minimum Gasteiger partial charge on any atom is -0.307 e. The highest BCUT2D eigenvalue weighted by Crippen LogP contribution is 2.39. The number of benzene rings is 9. The van der Waals surface area contributed by atoms with Crippen molar-refractivity contribution in [1.82, 2.24) is 24.1 Å². The van der Waals surface area contributed by atoms with Crippen molar-refractivity contribution in [1.29, 1.82) is 0 Å². The average molecular weight is 831 g/mol. The van der Waals surface area contributed by atoms with Gasteiger partial charge in [-0.1, -0.05) is 212 Å². The third-order valence-corrected chi connectivity index (χ3v) is 16.5. The van der Waals surface area contributed by atoms with Gasteiger partial charge in [-0.05, 0) is 45.0 Å². The number of aromatic nitrogens is 5. The normalized spacial score (nSPS) is 13.8. The average Bonchev–Trinajstić information content (AvgIpc) is 3.94. The van der Waals surface area contributed by atoms with Crippen molar-refractivity contribution in [3.05, 3.63) is 236 Å². The second-order valence-corrected chi connectivity index (χ2v) is 19.0. The monoisotopic (exact) mass is 830 g/mol. The first-order valence-corrected chi connectivity index (χ1v) is 22.6. The van der Waals surface area contributed by atoms with Crippen molar-refractivity contribution >= 4 is 72.4 Å². The van der Waals surface area contributed by atoms with E-state index in [-0.39, 0.29) is 46.0 Å². The molecule has 12 rings (SSSR count). The van der Waals surface area contributed by atoms with Crippen LogP contribution in [0.3, 0.4) is 0 Å². The van der Waals surface area contributed by atoms with Crippen molar-refractivity contribution in [3.8, 4) is 34.4 Å². The number of nitrogens with zero attached hydrogens (tertiary/aromatic N) is 5. The van der Waals surface area contributed by atoms with Gasteiger partial charge in [-0.2, -0.15) is 9.97 Å². The molecule has 0 aliphatic rings. The predicted molar refractivity (Wildman–Crippen MR) is 263 cm³/mol. The van der Waals surface area contributed by atoms with Gasteiger partial charge in [0.2, 0.25) is 5.95 Å². The first kappa shape index (κ1) is 28.4. The highest BCUT2D eigenvalue weighted by molar-refractivity contribution is 7.19. The summed E-state index contributed by atoms with van der Waals surface area (Å²) in [6.07, 6.45) is 0. The maximum absolute atomic E-state index is 10.1. The van der Waals surface area contributed by atoms with E-state index in [9.17, 15) is 5.48 Å². The lowest BCUT2D eigenvalue weighted by Crippen LogP contribution is -2.74. The van der Waals surface area contributed by atoms with Crippen LogP contribution >= 0.6 is 0 Å². The Morgan fingerprint density at radius 3 is 1.30 bits per heavy atom. The Morgan fingerprint density at radius 1 is 0.349 bits per heavy atom. The summed E-state index contributed by atoms with van der Waals surface area (Å²) in [6, 6.07) is 54.9. The van der Waals surface area contributed by atoms with Crippen LogP contribution in [0.15, 0.2) is 236 Å². The van der Waals surface area contributed by atoms with Gasteiger partial charge in [0.1, 0.15) is 0 Å². The van der Waals surface area contributed by atoms with Gasteiger partial charge in [0.05, 0.1) is 40.1 Å². The molecule has 0 amide bonds. The third kappa shape index (κ3) is 5.87. The summed E-state index contributed by atoms with van der Waals surface area (Å²) in [7, 11) is -3.64. The van der Waals surface area contributed by atoms with Crippen molar-refractivity contribution in [2.24, 2.45) is 0 Å². The van der Waals surface area contributed by atoms with E-state index in [0.29, 0.717) is 11.0 Å². The molecule has 0 bridgehead atoms. The zero-order valence-corrected chi connectivity index (χ0v) is 34.6. The van der Waals surface area contributed by atoms with Crippen LogP contribution in [0.1, 0.15) is 12.3 Å². The number of hydrogen-bond donors (Lipinski definition) is 0. The summed E-state index contributed by atoms with van der Waals surface area (Å²) >= 11 is 0. The molecule has 0 unspecified atom stereocenters. The Hall–Kier alpha value is -8.19. The fourth-order valence-electron chi connectivity index (χ4n) is 9.23. The second-order valence-electron chi connectivity index (χ2n) is 15.3. The highest BCUT2D eigenvalue weighted by atomic mass is 28.3. The molecule has 0 saturated heterocycles. The fourth-order valence-corrected chi connectivity index (χ4v) is 13.7. The molecule has 9 aromatic carbocycles. The van der Waals surface area contributed by atoms with E-state index in [1.165, 1.54) is 0 Å². The van der Waals surface area contributed by atoms with E-state index in [4.69, 9.17) is 21.8 Å². The third-order valence-electron chi connectivity index (χ3n) is 11.9. The van der Waals surface area contributed by atoms with Crippen LogP contribution in [0, 0.1) is 0 Å². The molecule has 0 N–H and O–H groups in total. The zero-order chi connectivity index (χ0) is 49.6. The number of para-hydroxylation sites is 4. The molecule has 12 aromatic rings. The smallest absolute Gasteiger partial charge is 0.238 e. The molecular weight excluding hydrogens is 783 g/mol. The minimum atomic E-state index is -3.64. The van der Waals surface area contributed by atoms with E-state index in [1.807, 2.05) is 162 Å². The van der Waals surface area contributed by atoms with Crippen LogP contribution in [0.2, 0.25) is 0 Å². The maximum Gasteiger partial charge on any atom is 0.238 e. The lowest BCUT2D eigenvalue weighted by atomic mass is 10.1. The maximum atomic E-state index is 10.1. The summed E-state index contributed by atoms with van der Waals surface area (Å²) in [5, 5.41) is 6.58. The predicted octanol–water partition coefficient (Wildman–Crippen LogP) is 10.8. The quantitative estimate of drug-likeness (QED) is 0.113. The van der Waals surface area contributed by atoms with E-state index in [1.54, 1.807) is 0 Å². The minimum absolute atomic E-state index is 0.0382. The molecule has 0 spiro atoms. The summed E-state index contributed by atoms with van der Waals surface area (Å²) in [5.74, 6) is -0.629. The van der Waals surface area contributed by atoms with Crippen molar-refractivity contribution in [3.63, 3.8) is 0 Å². The van der Waals surface area contributed by atoms with Gasteiger partial charge in [0.25, 0.3) is 0 Å². The van der Waals surface area contributed by atoms with Gasteiger partial charge < -0.3 is 4.57 Å². The Labute approximate surface area is 378 Å². The standard InChI is InChI=1S/C57H39N5Si/c1-5-20-40(21-6-1)55-58-56(41-36-38-45(39-37-41)63(42-22-7-2-8-23-42,43-24-9-3-10-25-43)44-26-11-4-12-27-44)60-57(59-55)62-52-34-18-15-30-48(52)49-31-19-35-53(54(49)62)61-50-32-16-13-28-46(50)47-29-14-17-33-51(47)61/h1-39H/i1D,5D,6D,20D,21D,36D,37D,38D,39D. The number of rotatable bonds is 8. The van der Waals surface area contributed by atoms with Gasteiger partial charge in [-0.3, -0.25) is 4.57 Å². The summed E-state index contributed by atoms with van der Waals surface area (Å²) < 4.78 is 88.2. The van der Waals surface area contributed by atoms with E-state index >= 15 is 0 Å². The molecule has 0 aliphatic carbocycles. The summed E-state index contributed by atoms with van der Waals surface area (Å²) in [5.41, 5.74) is 3.45. The van der Waals surface area contributed by atoms with Crippen molar-refractivity contribution in [2.45, 2.75) is 0 Å². The first-order chi connectivity index (χ1) is 35.0. The van der Waals surface area contributed by atoms with Crippen LogP contribution in [0.5, 0.6) is 0 Å². The molecule has 3 aromatic heterocycles. The molecule has 3 heterocycles. The SMILES string of the molecule is [2H]c1c([2H])c([2H])c(-c2nc(-c3c([2H])c([2H])c([Si](c4ccccc4)(c4ccccc4)c4ccccc4)c([2H])c3[2H])nc(-n3c4ccccc4c4cccc(-n5c6ccccc6c6ccccc65)c43)n2)c([2H])c1[2H]. The molecule has 6 heteroatoms. The Morgan fingerprint density at radius 2 is 0.778 bits per heavy atom. The Kier molecular flexibility index (Phi) is 6.78. The van der Waals surface area contributed by atoms with Crippen molar-refractivity contribution < 1.29 is 12.3 Å². The fraction of sp³-hybridized carbons (Fsp3) is 0. The lowest BCUT2D eigenvalue weighted by molar-refractivity contribution is 0.950. The summed E-state index contributed by atoms with van der Waals surface area (Å²) in [6.45, 7) is 0. The molecule has 0 aliphatic heterocycles. The van der Waals surface area contributed by atoms with Gasteiger partial charge in [-0.25, -0.2) is 4.98 Å². The molecule has 0 fully saturated rings. The van der Waals surface area contributed by atoms with Crippen LogP contribution in [-0.2, 0) is 0 Å². The van der Waals surface area contributed by atoms with Gasteiger partial charge in [-0.15, -0.1) is 0 Å². The molecular formula is C57H39N5Si. The van der Waals surface area contributed by atoms with Crippen LogP contribution in [-0.4, -0.2) is 32.2 Å². The molecule has 5 nitrogen and oxygen atoms in total. The summed E-state index contributed by atoms with van der Waals surface area (Å²) in [4.78, 5) is 14.9. The highest BCUT2D eigenvalue weighted by Gasteiger charge is 2.41. The molecule has 0 radical (unpaired) electrons. The van der Waals surface area contributed by atoms with Crippen LogP contribution < -0.4 is 20.7 Å². The largest absolute Gasteiger partial charge is 0.307 e. The van der Waals surface area contributed by atoms with Crippen LogP contribution in [0.4, 0.5) is 0 Å². The molecule has 0 atom stereocenters.